The maximum absolute atomic E-state index is 13.1. The molecule has 0 N–H and O–H groups in total. The molecule has 2 saturated heterocycles. The normalized spacial score (nSPS) is 26.8. The van der Waals surface area contributed by atoms with Crippen molar-refractivity contribution in [3.8, 4) is 0 Å². The molecule has 2 aliphatic carbocycles. The largest absolute Gasteiger partial charge is 0.416 e. The molecule has 6 rings (SSSR count). The van der Waals surface area contributed by atoms with Crippen LogP contribution in [-0.4, -0.2) is 42.9 Å². The Balaban J connectivity index is 1.21. The van der Waals surface area contributed by atoms with Gasteiger partial charge < -0.3 is 9.80 Å². The Bertz CT molecular complexity index is 1310. The smallest absolute Gasteiger partial charge is 0.368 e. The van der Waals surface area contributed by atoms with Crippen molar-refractivity contribution in [2.24, 2.45) is 23.7 Å². The van der Waals surface area contributed by atoms with Crippen molar-refractivity contribution < 1.29 is 27.7 Å². The second kappa shape index (κ2) is 8.32. The highest BCUT2D eigenvalue weighted by Crippen LogP contribution is 2.53. The van der Waals surface area contributed by atoms with Crippen molar-refractivity contribution in [3.05, 3.63) is 70.3 Å². The number of piperazine rings is 1. The van der Waals surface area contributed by atoms with Gasteiger partial charge in [0, 0.05) is 37.9 Å². The molecule has 2 aromatic rings. The van der Waals surface area contributed by atoms with Gasteiger partial charge in [-0.05, 0) is 48.6 Å². The molecule has 2 aliphatic heterocycles. The first-order valence-corrected chi connectivity index (χ1v) is 12.2. The minimum atomic E-state index is -4.44. The zero-order valence-electron chi connectivity index (χ0n) is 19.6. The minimum Gasteiger partial charge on any atom is -0.368 e. The second-order valence-electron chi connectivity index (χ2n) is 9.96. The summed E-state index contributed by atoms with van der Waals surface area (Å²) in [6.07, 6.45) is 0.343. The highest BCUT2D eigenvalue weighted by Gasteiger charge is 2.59. The Morgan fingerprint density at radius 1 is 0.838 bits per heavy atom. The van der Waals surface area contributed by atoms with E-state index >= 15 is 0 Å². The molecule has 4 aliphatic rings. The highest BCUT2D eigenvalue weighted by molar-refractivity contribution is 6.23. The van der Waals surface area contributed by atoms with Crippen LogP contribution in [0.2, 0.25) is 0 Å². The van der Waals surface area contributed by atoms with Crippen LogP contribution in [0.1, 0.15) is 12.0 Å². The fourth-order valence-electron chi connectivity index (χ4n) is 6.31. The van der Waals surface area contributed by atoms with Gasteiger partial charge in [-0.15, -0.1) is 0 Å². The van der Waals surface area contributed by atoms with Gasteiger partial charge in [-0.1, -0.05) is 18.2 Å². The molecule has 0 radical (unpaired) electrons. The first-order valence-electron chi connectivity index (χ1n) is 12.2. The van der Waals surface area contributed by atoms with Crippen LogP contribution in [0.15, 0.2) is 54.6 Å². The van der Waals surface area contributed by atoms with Gasteiger partial charge in [-0.2, -0.15) is 13.2 Å². The number of anilines is 3. The maximum atomic E-state index is 13.1. The summed E-state index contributed by atoms with van der Waals surface area (Å²) in [5.74, 6) is -1.32. The summed E-state index contributed by atoms with van der Waals surface area (Å²) in [5, 5.41) is 12.0. The number of rotatable bonds is 4. The summed E-state index contributed by atoms with van der Waals surface area (Å²) in [5.41, 5.74) is 0.0427. The Kier molecular flexibility index (Phi) is 5.29. The Labute approximate surface area is 210 Å². The Hall–Kier alpha value is -3.89. The maximum Gasteiger partial charge on any atom is 0.416 e. The van der Waals surface area contributed by atoms with Gasteiger partial charge in [0.05, 0.1) is 28.0 Å². The number of amides is 2. The minimum absolute atomic E-state index is 0.0406. The first-order chi connectivity index (χ1) is 17.6. The van der Waals surface area contributed by atoms with E-state index in [2.05, 4.69) is 0 Å². The highest BCUT2D eigenvalue weighted by atomic mass is 19.4. The molecular formula is C26H23F3N4O4. The number of carbonyl (C=O) groups excluding carboxylic acids is 2. The molecule has 8 nitrogen and oxygen atoms in total. The topological polar surface area (TPSA) is 87.0 Å². The fourth-order valence-corrected chi connectivity index (χ4v) is 6.31. The number of allylic oxidation sites excluding steroid dienone is 2. The van der Waals surface area contributed by atoms with Crippen LogP contribution in [0, 0.1) is 33.8 Å². The van der Waals surface area contributed by atoms with E-state index in [1.807, 2.05) is 17.1 Å². The van der Waals surface area contributed by atoms with E-state index in [4.69, 9.17) is 0 Å². The molecule has 0 aromatic heterocycles. The van der Waals surface area contributed by atoms with Crippen molar-refractivity contribution in [2.45, 2.75) is 12.6 Å². The first kappa shape index (κ1) is 23.5. The second-order valence-corrected chi connectivity index (χ2v) is 9.96. The lowest BCUT2D eigenvalue weighted by atomic mass is 9.85. The van der Waals surface area contributed by atoms with E-state index in [1.54, 1.807) is 23.1 Å². The lowest BCUT2D eigenvalue weighted by Crippen LogP contribution is -2.46. The molecule has 3 fully saturated rings. The summed E-state index contributed by atoms with van der Waals surface area (Å²) in [6.45, 7) is 1.47. The zero-order valence-corrected chi connectivity index (χ0v) is 19.6. The number of nitro groups is 1. The summed E-state index contributed by atoms with van der Waals surface area (Å²) in [4.78, 5) is 42.4. The van der Waals surface area contributed by atoms with Crippen LogP contribution >= 0.6 is 0 Å². The van der Waals surface area contributed by atoms with Crippen LogP contribution < -0.4 is 14.7 Å². The third-order valence-corrected chi connectivity index (χ3v) is 8.04. The third-order valence-electron chi connectivity index (χ3n) is 8.04. The number of alkyl halides is 3. The van der Waals surface area contributed by atoms with Gasteiger partial charge in [0.2, 0.25) is 11.8 Å². The molecule has 11 heteroatoms. The Morgan fingerprint density at radius 3 is 2.05 bits per heavy atom. The molecule has 192 valence electrons. The van der Waals surface area contributed by atoms with E-state index < -0.39 is 28.5 Å². The van der Waals surface area contributed by atoms with Gasteiger partial charge in [0.15, 0.2) is 0 Å². The standard InChI is InChI=1S/C26H23F3N4O4/c27-26(28,29)17-2-1-3-18(13-17)30-8-10-31(11-9-30)20-7-6-19(14-21(20)33(36)37)32-24(34)22-15-4-5-16(12-15)23(22)25(32)35/h1-7,13-16,22-23H,8-12H2. The number of hydrogen-bond acceptors (Lipinski definition) is 6. The number of benzene rings is 2. The van der Waals surface area contributed by atoms with Crippen molar-refractivity contribution in [1.29, 1.82) is 0 Å². The van der Waals surface area contributed by atoms with Crippen LogP contribution in [0.4, 0.5) is 35.9 Å². The van der Waals surface area contributed by atoms with Crippen LogP contribution in [0.5, 0.6) is 0 Å². The molecule has 2 amide bonds. The van der Waals surface area contributed by atoms with E-state index in [-0.39, 0.29) is 35.0 Å². The van der Waals surface area contributed by atoms with Crippen LogP contribution in [0.3, 0.4) is 0 Å². The molecule has 0 spiro atoms. The van der Waals surface area contributed by atoms with E-state index in [0.29, 0.717) is 37.6 Å². The monoisotopic (exact) mass is 512 g/mol. The van der Waals surface area contributed by atoms with Gasteiger partial charge in [-0.3, -0.25) is 19.7 Å². The Morgan fingerprint density at radius 2 is 1.46 bits per heavy atom. The number of hydrogen-bond donors (Lipinski definition) is 0. The predicted molar refractivity (Wildman–Crippen MR) is 129 cm³/mol. The van der Waals surface area contributed by atoms with Gasteiger partial charge in [0.25, 0.3) is 5.69 Å². The van der Waals surface area contributed by atoms with E-state index in [9.17, 15) is 32.9 Å². The molecule has 2 bridgehead atoms. The SMILES string of the molecule is O=C1C2C3C=CC(C3)C2C(=O)N1c1ccc(N2CCN(c3cccc(C(F)(F)F)c3)CC2)c([N+](=O)[O-])c1. The van der Waals surface area contributed by atoms with Crippen molar-refractivity contribution in [3.63, 3.8) is 0 Å². The van der Waals surface area contributed by atoms with Crippen molar-refractivity contribution >= 4 is 34.6 Å². The molecule has 37 heavy (non-hydrogen) atoms. The predicted octanol–water partition coefficient (Wildman–Crippen LogP) is 4.25. The lowest BCUT2D eigenvalue weighted by molar-refractivity contribution is -0.384. The molecule has 1 saturated carbocycles. The molecule has 4 unspecified atom stereocenters. The van der Waals surface area contributed by atoms with Gasteiger partial charge in [-0.25, -0.2) is 4.90 Å². The van der Waals surface area contributed by atoms with Crippen molar-refractivity contribution in [2.75, 3.05) is 40.9 Å². The molecule has 2 heterocycles. The van der Waals surface area contributed by atoms with Crippen LogP contribution in [-0.2, 0) is 15.8 Å². The summed E-state index contributed by atoms with van der Waals surface area (Å²) in [6, 6.07) is 9.50. The number of halogens is 3. The number of carbonyl (C=O) groups is 2. The number of nitrogens with zero attached hydrogens (tertiary/aromatic N) is 4. The van der Waals surface area contributed by atoms with Crippen LogP contribution in [0.25, 0.3) is 0 Å². The number of imide groups is 1. The quantitative estimate of drug-likeness (QED) is 0.264. The number of nitro benzene ring substituents is 1. The van der Waals surface area contributed by atoms with E-state index in [0.717, 1.165) is 23.5 Å². The summed E-state index contributed by atoms with van der Waals surface area (Å²) < 4.78 is 39.3. The van der Waals surface area contributed by atoms with Gasteiger partial charge >= 0.3 is 6.18 Å². The van der Waals surface area contributed by atoms with E-state index in [1.165, 1.54) is 12.1 Å². The average Bonchev–Trinajstić information content (AvgIpc) is 3.57. The fraction of sp³-hybridized carbons (Fsp3) is 0.385. The van der Waals surface area contributed by atoms with Crippen molar-refractivity contribution in [1.82, 2.24) is 0 Å². The summed E-state index contributed by atoms with van der Waals surface area (Å²) >= 11 is 0. The third kappa shape index (κ3) is 3.75. The van der Waals surface area contributed by atoms with Gasteiger partial charge in [0.1, 0.15) is 5.69 Å². The molecule has 4 atom stereocenters. The number of fused-ring (bicyclic) bond motifs is 5. The average molecular weight is 512 g/mol. The zero-order chi connectivity index (χ0) is 26.1. The molecular weight excluding hydrogens is 489 g/mol. The summed E-state index contributed by atoms with van der Waals surface area (Å²) in [7, 11) is 0. The molecule has 2 aromatic carbocycles. The lowest BCUT2D eigenvalue weighted by Gasteiger charge is -2.37.